The first kappa shape index (κ1) is 49.8. The Morgan fingerprint density at radius 1 is 0.841 bits per heavy atom. The number of carbonyl (C=O) groups is 2. The Kier molecular flexibility index (Phi) is 43.0. The minimum Gasteiger partial charge on any atom is -0.790 e. The third-order valence-electron chi connectivity index (χ3n) is 4.66. The van der Waals surface area contributed by atoms with E-state index in [1.807, 2.05) is 0 Å². The second-order valence-electron chi connectivity index (χ2n) is 8.25. The average Bonchev–Trinajstić information content (AvgIpc) is 2.94. The molecule has 0 unspecified atom stereocenters. The molecule has 0 aliphatic heterocycles. The van der Waals surface area contributed by atoms with Gasteiger partial charge in [0.05, 0.1) is 21.0 Å². The summed E-state index contributed by atoms with van der Waals surface area (Å²) in [4.78, 5) is 43.2. The fourth-order valence-electron chi connectivity index (χ4n) is 2.85. The van der Waals surface area contributed by atoms with E-state index < -0.39 is 33.3 Å². The standard InChI is InChI=1S/C17H35O8P.C14H4OS.2Na.9H2/c1-2-3-4-5-6-7-8-9-10-11-12-17(19)25-16(13-23-15-18)14-24-26(20,21)22;1-3-4-5-6-7-8-9-10-11-12-13-16-14(2)15;;;;;;;;;;;/h16,18H,2-15H2,1H3,(H2,20,21,22);1H,2H3;;;9*1H/q;;2*+1;;;;;;;;;/p-2/t16-;;;;;;;;;;;;/m0............/s1. The Balaban J connectivity index is -0.0000000484. The largest absolute Gasteiger partial charge is 1.00 e. The Hall–Kier alpha value is -1.12. The number of phosphoric ester groups is 1. The molecule has 0 spiro atoms. The summed E-state index contributed by atoms with van der Waals surface area (Å²) in [6.07, 6.45) is 15.5. The molecule has 9 nitrogen and oxygen atoms in total. The van der Waals surface area contributed by atoms with Gasteiger partial charge < -0.3 is 33.5 Å². The molecule has 1 N–H and O–H groups in total. The summed E-state index contributed by atoms with van der Waals surface area (Å²) in [5.74, 6) is 23.4. The van der Waals surface area contributed by atoms with Crippen molar-refractivity contribution in [3.63, 3.8) is 0 Å². The maximum absolute atomic E-state index is 11.8. The molecule has 0 rings (SSSR count). The second-order valence-corrected chi connectivity index (χ2v) is 10.4. The summed E-state index contributed by atoms with van der Waals surface area (Å²) < 4.78 is 24.3. The van der Waals surface area contributed by atoms with Crippen LogP contribution in [0.25, 0.3) is 0 Å². The van der Waals surface area contributed by atoms with Gasteiger partial charge in [-0.1, -0.05) is 64.7 Å². The number of rotatable bonds is 18. The summed E-state index contributed by atoms with van der Waals surface area (Å²) in [7, 11) is -5.15. The van der Waals surface area contributed by atoms with Crippen LogP contribution in [0.2, 0.25) is 0 Å². The maximum atomic E-state index is 11.8. The smallest absolute Gasteiger partial charge is 0.790 e. The first-order valence-corrected chi connectivity index (χ1v) is 15.6. The van der Waals surface area contributed by atoms with E-state index in [0.717, 1.165) is 31.0 Å². The summed E-state index contributed by atoms with van der Waals surface area (Å²) in [6.45, 7) is 2.15. The fourth-order valence-corrected chi connectivity index (χ4v) is 3.45. The molecule has 0 amide bonds. The van der Waals surface area contributed by atoms with Crippen LogP contribution in [0, 0.1) is 70.9 Å². The van der Waals surface area contributed by atoms with Crippen molar-refractivity contribution in [1.29, 1.82) is 0 Å². The second kappa shape index (κ2) is 38.1. The van der Waals surface area contributed by atoms with Crippen LogP contribution < -0.4 is 68.9 Å². The summed E-state index contributed by atoms with van der Waals surface area (Å²) >= 11 is 0.893. The molecule has 0 aromatic rings. The van der Waals surface area contributed by atoms with Gasteiger partial charge in [0.1, 0.15) is 12.9 Å². The number of ether oxygens (including phenoxy) is 2. The van der Waals surface area contributed by atoms with Crippen LogP contribution in [0.1, 0.15) is 97.3 Å². The van der Waals surface area contributed by atoms with E-state index in [1.165, 1.54) is 45.4 Å². The Morgan fingerprint density at radius 3 is 1.77 bits per heavy atom. The van der Waals surface area contributed by atoms with Crippen molar-refractivity contribution in [2.45, 2.75) is 90.6 Å². The Labute approximate surface area is 325 Å². The number of unbranched alkanes of at least 4 members (excludes halogenated alkanes) is 9. The molecule has 1 atom stereocenters. The molecule has 13 heteroatoms. The number of phosphoric acid groups is 1. The number of hydrogen-bond acceptors (Lipinski definition) is 10. The van der Waals surface area contributed by atoms with Gasteiger partial charge in [-0.25, -0.2) is 0 Å². The van der Waals surface area contributed by atoms with Crippen LogP contribution in [-0.4, -0.2) is 42.3 Å². The molecular weight excluding hydrogens is 625 g/mol. The zero-order chi connectivity index (χ0) is 31.7. The molecule has 0 aliphatic carbocycles. The van der Waals surface area contributed by atoms with Crippen LogP contribution in [0.15, 0.2) is 0 Å². The molecule has 0 fully saturated rings. The van der Waals surface area contributed by atoms with Gasteiger partial charge in [-0.2, -0.15) is 0 Å². The van der Waals surface area contributed by atoms with E-state index in [2.05, 4.69) is 80.6 Å². The third-order valence-corrected chi connectivity index (χ3v) is 5.62. The summed E-state index contributed by atoms with van der Waals surface area (Å²) in [6, 6.07) is 0. The predicted octanol–water partition coefficient (Wildman–Crippen LogP) is -0.883. The number of thioether (sulfide) groups is 1. The quantitative estimate of drug-likeness (QED) is 0.0484. The first-order valence-electron chi connectivity index (χ1n) is 13.3. The van der Waals surface area contributed by atoms with Gasteiger partial charge in [-0.05, 0) is 70.9 Å². The molecule has 44 heavy (non-hydrogen) atoms. The predicted molar refractivity (Wildman–Crippen MR) is 178 cm³/mol. The zero-order valence-electron chi connectivity index (χ0n) is 26.1. The topological polar surface area (TPSA) is 145 Å². The van der Waals surface area contributed by atoms with Crippen molar-refractivity contribution in [3.8, 4) is 70.9 Å². The molecule has 0 aliphatic rings. The number of hydrogen-bond donors (Lipinski definition) is 1. The van der Waals surface area contributed by atoms with Crippen LogP contribution in [0.5, 0.6) is 0 Å². The molecule has 0 aromatic heterocycles. The molecule has 0 aromatic carbocycles. The van der Waals surface area contributed by atoms with Crippen molar-refractivity contribution in [2.24, 2.45) is 0 Å². The van der Waals surface area contributed by atoms with Crippen molar-refractivity contribution in [3.05, 3.63) is 0 Å². The number of esters is 1. The zero-order valence-corrected chi connectivity index (χ0v) is 31.8. The SMILES string of the molecule is C#CC#CC#CC#CC#CC#CSC(C)=O.CCCCCCCCCCCCC(=O)O[C@@H](COCO)COP(=O)([O-])[O-].[HH].[HH].[HH].[HH].[HH].[HH].[HH].[HH].[HH].[Na+].[Na+]. The van der Waals surface area contributed by atoms with E-state index in [0.29, 0.717) is 6.42 Å². The van der Waals surface area contributed by atoms with Gasteiger partial charge in [-0.15, -0.1) is 6.42 Å². The Morgan fingerprint density at radius 2 is 1.32 bits per heavy atom. The van der Waals surface area contributed by atoms with Crippen LogP contribution >= 0.6 is 19.6 Å². The molecule has 0 bridgehead atoms. The molecule has 0 saturated carbocycles. The third kappa shape index (κ3) is 45.3. The molecule has 0 saturated heterocycles. The normalized spacial score (nSPS) is 9.45. The van der Waals surface area contributed by atoms with Gasteiger partial charge >= 0.3 is 65.1 Å². The van der Waals surface area contributed by atoms with E-state index in [1.54, 1.807) is 0 Å². The fraction of sp³-hybridized carbons (Fsp3) is 0.548. The van der Waals surface area contributed by atoms with Gasteiger partial charge in [-0.3, -0.25) is 9.59 Å². The van der Waals surface area contributed by atoms with Crippen LogP contribution in [0.4, 0.5) is 0 Å². The monoisotopic (exact) mass is 680 g/mol. The van der Waals surface area contributed by atoms with Crippen LogP contribution in [-0.2, 0) is 28.2 Å². The summed E-state index contributed by atoms with van der Waals surface area (Å²) in [5.41, 5.74) is 0. The van der Waals surface area contributed by atoms with Gasteiger partial charge in [0.15, 0.2) is 5.12 Å². The number of aliphatic hydroxyl groups excluding tert-OH is 1. The average molecular weight is 681 g/mol. The van der Waals surface area contributed by atoms with E-state index in [9.17, 15) is 23.9 Å². The van der Waals surface area contributed by atoms with Crippen molar-refractivity contribution in [2.75, 3.05) is 20.0 Å². The molecule has 0 radical (unpaired) electrons. The van der Waals surface area contributed by atoms with Crippen LogP contribution in [0.3, 0.4) is 0 Å². The number of terminal acetylenes is 1. The van der Waals surface area contributed by atoms with Crippen molar-refractivity contribution in [1.82, 2.24) is 0 Å². The minimum absolute atomic E-state index is 0. The van der Waals surface area contributed by atoms with Gasteiger partial charge in [0, 0.05) is 37.9 Å². The number of carbonyl (C=O) groups excluding carboxylic acids is 2. The molecule has 0 heterocycles. The van der Waals surface area contributed by atoms with Gasteiger partial charge in [0.2, 0.25) is 0 Å². The van der Waals surface area contributed by atoms with E-state index in [4.69, 9.17) is 16.3 Å². The summed E-state index contributed by atoms with van der Waals surface area (Å²) in [5, 5.41) is 11.0. The first-order chi connectivity index (χ1) is 20.2. The van der Waals surface area contributed by atoms with E-state index in [-0.39, 0.29) is 90.1 Å². The maximum Gasteiger partial charge on any atom is 1.00 e. The molecule has 246 valence electrons. The minimum atomic E-state index is -5.15. The van der Waals surface area contributed by atoms with E-state index >= 15 is 0 Å². The number of aliphatic hydroxyl groups is 1. The van der Waals surface area contributed by atoms with Crippen molar-refractivity contribution < 1.29 is 115 Å². The van der Waals surface area contributed by atoms with Gasteiger partial charge in [0.25, 0.3) is 0 Å². The Bertz CT molecular complexity index is 1220. The molecular formula is C31H55Na2O9PS. The van der Waals surface area contributed by atoms with Crippen molar-refractivity contribution >= 4 is 30.7 Å².